The summed E-state index contributed by atoms with van der Waals surface area (Å²) in [7, 11) is 0. The first kappa shape index (κ1) is 43.9. The van der Waals surface area contributed by atoms with Crippen molar-refractivity contribution in [2.24, 2.45) is 0 Å². The Bertz CT molecular complexity index is 651. The van der Waals surface area contributed by atoms with E-state index in [0.717, 1.165) is 57.9 Å². The van der Waals surface area contributed by atoms with Gasteiger partial charge in [-0.15, -0.1) is 37.2 Å². The molecule has 0 unspecified atom stereocenters. The Morgan fingerprint density at radius 1 is 0.455 bits per heavy atom. The molecule has 44 heavy (non-hydrogen) atoms. The highest BCUT2D eigenvalue weighted by Crippen LogP contribution is 2.18. The average molecular weight is 678 g/mol. The van der Waals surface area contributed by atoms with E-state index in [-0.39, 0.29) is 37.2 Å². The molecule has 0 bridgehead atoms. The molecule has 0 radical (unpaired) electrons. The summed E-state index contributed by atoms with van der Waals surface area (Å²) in [4.78, 5) is 2.71. The number of nitrogens with zero attached hydrogens (tertiary/aromatic N) is 1. The molecule has 3 N–H and O–H groups in total. The molecule has 0 aliphatic heterocycles. The van der Waals surface area contributed by atoms with Gasteiger partial charge in [0.25, 0.3) is 0 Å². The molecule has 0 aromatic heterocycles. The lowest BCUT2D eigenvalue weighted by molar-refractivity contribution is 0.256. The maximum absolute atomic E-state index is 4.02. The Hall–Kier alpha value is -0.0700. The Kier molecular flexibility index (Phi) is 31.5. The van der Waals surface area contributed by atoms with Gasteiger partial charge in [-0.25, -0.2) is 0 Å². The van der Waals surface area contributed by atoms with Gasteiger partial charge in [-0.1, -0.05) is 146 Å². The van der Waals surface area contributed by atoms with Gasteiger partial charge in [0.1, 0.15) is 0 Å². The van der Waals surface area contributed by atoms with Crippen molar-refractivity contribution in [2.45, 2.75) is 160 Å². The summed E-state index contributed by atoms with van der Waals surface area (Å²) in [6.07, 6.45) is 31.5. The second-order valence-corrected chi connectivity index (χ2v) is 13.3. The zero-order valence-electron chi connectivity index (χ0n) is 28.2. The third-order valence-electron chi connectivity index (χ3n) is 9.71. The van der Waals surface area contributed by atoms with Crippen LogP contribution in [0.25, 0.3) is 0 Å². The van der Waals surface area contributed by atoms with Crippen molar-refractivity contribution in [1.82, 2.24) is 20.9 Å². The maximum Gasteiger partial charge on any atom is 0.0206 e. The second kappa shape index (κ2) is 31.5. The Morgan fingerprint density at radius 2 is 0.795 bits per heavy atom. The first-order valence-electron chi connectivity index (χ1n) is 18.3. The maximum atomic E-state index is 4.02. The molecule has 0 atom stereocenters. The molecule has 0 saturated heterocycles. The normalized spacial score (nSPS) is 19.1. The minimum absolute atomic E-state index is 0. The molecule has 4 nitrogen and oxygen atoms in total. The smallest absolute Gasteiger partial charge is 0.0206 e. The molecular formula is C37H71Cl3N4. The van der Waals surface area contributed by atoms with Gasteiger partial charge < -0.3 is 16.0 Å². The van der Waals surface area contributed by atoms with Gasteiger partial charge in [0, 0.05) is 57.9 Å². The molecular weight excluding hydrogens is 607 g/mol. The molecule has 2 fully saturated rings. The Labute approximate surface area is 292 Å². The third kappa shape index (κ3) is 23.3. The number of hydrogen-bond acceptors (Lipinski definition) is 4. The predicted octanol–water partition coefficient (Wildman–Crippen LogP) is 9.87. The molecule has 0 amide bonds. The fraction of sp³-hybridized carbons (Fsp3) is 0.838. The van der Waals surface area contributed by atoms with Gasteiger partial charge >= 0.3 is 0 Å². The monoisotopic (exact) mass is 676 g/mol. The lowest BCUT2D eigenvalue weighted by Crippen LogP contribution is -2.43. The molecule has 7 heteroatoms. The molecule has 1 aromatic rings. The van der Waals surface area contributed by atoms with E-state index in [1.165, 1.54) is 147 Å². The van der Waals surface area contributed by atoms with Crippen LogP contribution in [0.2, 0.25) is 0 Å². The van der Waals surface area contributed by atoms with Crippen LogP contribution in [0.3, 0.4) is 0 Å². The van der Waals surface area contributed by atoms with E-state index in [2.05, 4.69) is 51.2 Å². The minimum atomic E-state index is 0. The molecule has 3 rings (SSSR count). The molecule has 1 aromatic carbocycles. The summed E-state index contributed by atoms with van der Waals surface area (Å²) in [5, 5.41) is 11.7. The first-order chi connectivity index (χ1) is 20.4. The van der Waals surface area contributed by atoms with Crippen molar-refractivity contribution in [3.63, 3.8) is 0 Å². The van der Waals surface area contributed by atoms with Crippen LogP contribution in [-0.4, -0.2) is 56.3 Å². The molecule has 0 heterocycles. The van der Waals surface area contributed by atoms with Gasteiger partial charge in [-0.3, -0.25) is 4.90 Å². The van der Waals surface area contributed by atoms with Crippen molar-refractivity contribution in [3.05, 3.63) is 35.9 Å². The zero-order valence-corrected chi connectivity index (χ0v) is 30.7. The van der Waals surface area contributed by atoms with Crippen LogP contribution in [0.15, 0.2) is 30.3 Å². The lowest BCUT2D eigenvalue weighted by Gasteiger charge is -2.27. The number of hydrogen-bond donors (Lipinski definition) is 3. The van der Waals surface area contributed by atoms with E-state index in [9.17, 15) is 0 Å². The molecule has 0 spiro atoms. The average Bonchev–Trinajstić information content (AvgIpc) is 2.98. The topological polar surface area (TPSA) is 39.3 Å². The van der Waals surface area contributed by atoms with Crippen LogP contribution in [0.5, 0.6) is 0 Å². The van der Waals surface area contributed by atoms with Crippen LogP contribution in [0.4, 0.5) is 0 Å². The molecule has 2 aliphatic carbocycles. The summed E-state index contributed by atoms with van der Waals surface area (Å²) in [5.74, 6) is 0. The van der Waals surface area contributed by atoms with Crippen LogP contribution < -0.4 is 16.0 Å². The minimum Gasteiger partial charge on any atom is -0.313 e. The number of halogens is 3. The van der Waals surface area contributed by atoms with Gasteiger partial charge in [0.05, 0.1) is 0 Å². The van der Waals surface area contributed by atoms with Crippen LogP contribution in [0.1, 0.15) is 147 Å². The van der Waals surface area contributed by atoms with Gasteiger partial charge in [0.15, 0.2) is 0 Å². The SMILES string of the molecule is Cl.Cl.Cl.c1ccc(CNCCN(CCNC2CCCCCCCCCCC2)CCNC2CCCCCCCCCCC2)cc1. The Morgan fingerprint density at radius 3 is 1.18 bits per heavy atom. The standard InChI is InChI=1S/C37H68N4.3ClH/c1-3-7-11-18-24-36(25-19-12-8-4-1)39-29-32-41(31-28-38-34-35-22-16-15-17-23-35)33-30-40-37-26-20-13-9-5-2-6-10-14-21-27-37;;;/h15-17,22-23,36-40H,1-14,18-21,24-34H2;3*1H. The van der Waals surface area contributed by atoms with Crippen LogP contribution in [0, 0.1) is 0 Å². The van der Waals surface area contributed by atoms with Crippen molar-refractivity contribution in [2.75, 3.05) is 39.3 Å². The van der Waals surface area contributed by atoms with E-state index in [0.29, 0.717) is 0 Å². The number of rotatable bonds is 13. The zero-order chi connectivity index (χ0) is 28.5. The van der Waals surface area contributed by atoms with E-state index in [4.69, 9.17) is 0 Å². The van der Waals surface area contributed by atoms with Crippen LogP contribution in [-0.2, 0) is 6.54 Å². The highest BCUT2D eigenvalue weighted by molar-refractivity contribution is 5.86. The molecule has 260 valence electrons. The van der Waals surface area contributed by atoms with Crippen molar-refractivity contribution >= 4 is 37.2 Å². The quantitative estimate of drug-likeness (QED) is 0.182. The first-order valence-corrected chi connectivity index (χ1v) is 18.3. The summed E-state index contributed by atoms with van der Waals surface area (Å²) < 4.78 is 0. The highest BCUT2D eigenvalue weighted by atomic mass is 35.5. The van der Waals surface area contributed by atoms with Gasteiger partial charge in [-0.2, -0.15) is 0 Å². The number of nitrogens with one attached hydrogen (secondary N) is 3. The fourth-order valence-corrected chi connectivity index (χ4v) is 6.99. The summed E-state index contributed by atoms with van der Waals surface area (Å²) >= 11 is 0. The second-order valence-electron chi connectivity index (χ2n) is 13.3. The van der Waals surface area contributed by atoms with Crippen molar-refractivity contribution in [3.8, 4) is 0 Å². The fourth-order valence-electron chi connectivity index (χ4n) is 6.99. The van der Waals surface area contributed by atoms with E-state index >= 15 is 0 Å². The van der Waals surface area contributed by atoms with E-state index in [1.54, 1.807) is 0 Å². The summed E-state index contributed by atoms with van der Waals surface area (Å²) in [6, 6.07) is 12.3. The summed E-state index contributed by atoms with van der Waals surface area (Å²) in [6.45, 7) is 7.74. The third-order valence-corrected chi connectivity index (χ3v) is 9.71. The van der Waals surface area contributed by atoms with Crippen molar-refractivity contribution in [1.29, 1.82) is 0 Å². The largest absolute Gasteiger partial charge is 0.313 e. The summed E-state index contributed by atoms with van der Waals surface area (Å²) in [5.41, 5.74) is 1.38. The van der Waals surface area contributed by atoms with Gasteiger partial charge in [-0.05, 0) is 31.2 Å². The number of benzene rings is 1. The van der Waals surface area contributed by atoms with Gasteiger partial charge in [0.2, 0.25) is 0 Å². The molecule has 2 aliphatic rings. The van der Waals surface area contributed by atoms with Crippen molar-refractivity contribution < 1.29 is 0 Å². The van der Waals surface area contributed by atoms with Crippen LogP contribution >= 0.6 is 37.2 Å². The van der Waals surface area contributed by atoms with E-state index in [1.807, 2.05) is 0 Å². The molecule has 2 saturated carbocycles. The Balaban J connectivity index is 0.00000616. The highest BCUT2D eigenvalue weighted by Gasteiger charge is 2.13. The predicted molar refractivity (Wildman–Crippen MR) is 201 cm³/mol. The lowest BCUT2D eigenvalue weighted by atomic mass is 9.98. The van der Waals surface area contributed by atoms with E-state index < -0.39 is 0 Å².